The summed E-state index contributed by atoms with van der Waals surface area (Å²) >= 11 is 6.19. The highest BCUT2D eigenvalue weighted by Gasteiger charge is 2.21. The maximum Gasteiger partial charge on any atom is 0.272 e. The molecule has 1 unspecified atom stereocenters. The van der Waals surface area contributed by atoms with E-state index in [0.717, 1.165) is 26.2 Å². The van der Waals surface area contributed by atoms with Crippen molar-refractivity contribution in [1.82, 2.24) is 10.3 Å². The van der Waals surface area contributed by atoms with Gasteiger partial charge in [0.05, 0.1) is 18.1 Å². The molecule has 4 aromatic carbocycles. The molecule has 1 aromatic heterocycles. The molecule has 3 amide bonds. The number of benzene rings is 4. The summed E-state index contributed by atoms with van der Waals surface area (Å²) in [6, 6.07) is 31.0. The zero-order chi connectivity index (χ0) is 33.2. The number of nitrogens with one attached hydrogen (secondary N) is 3. The number of rotatable bonds is 12. The molecule has 1 atom stereocenters. The predicted molar refractivity (Wildman–Crippen MR) is 194 cm³/mol. The summed E-state index contributed by atoms with van der Waals surface area (Å²) in [6.45, 7) is 1.94. The molecule has 0 bridgehead atoms. The Labute approximate surface area is 289 Å². The van der Waals surface area contributed by atoms with E-state index in [1.807, 2.05) is 79.0 Å². The fourth-order valence-corrected chi connectivity index (χ4v) is 6.68. The molecule has 0 spiro atoms. The molecule has 5 rings (SSSR count). The summed E-state index contributed by atoms with van der Waals surface area (Å²) < 4.78 is 6.29. The van der Waals surface area contributed by atoms with Crippen molar-refractivity contribution in [3.05, 3.63) is 130 Å². The second-order valence-electron chi connectivity index (χ2n) is 10.2. The third-order valence-corrected chi connectivity index (χ3v) is 9.45. The van der Waals surface area contributed by atoms with Crippen LogP contribution in [0.3, 0.4) is 0 Å². The molecular weight excluding hydrogens is 696 g/mol. The smallest absolute Gasteiger partial charge is 0.272 e. The number of thiazole rings is 1. The lowest BCUT2D eigenvalue weighted by atomic mass is 10.1. The van der Waals surface area contributed by atoms with Gasteiger partial charge >= 0.3 is 0 Å². The normalized spacial score (nSPS) is 11.8. The summed E-state index contributed by atoms with van der Waals surface area (Å²) in [5.41, 5.74) is 3.33. The van der Waals surface area contributed by atoms with Crippen molar-refractivity contribution in [3.63, 3.8) is 0 Å². The second kappa shape index (κ2) is 16.2. The lowest BCUT2D eigenvalue weighted by Gasteiger charge is -2.15. The molecule has 238 valence electrons. The van der Waals surface area contributed by atoms with Crippen molar-refractivity contribution in [3.8, 4) is 17.0 Å². The van der Waals surface area contributed by atoms with Crippen LogP contribution >= 0.6 is 39.0 Å². The van der Waals surface area contributed by atoms with Gasteiger partial charge in [-0.2, -0.15) is 0 Å². The van der Waals surface area contributed by atoms with Crippen molar-refractivity contribution >= 4 is 73.6 Å². The van der Waals surface area contributed by atoms with Gasteiger partial charge in [0, 0.05) is 31.6 Å². The average molecular weight is 728 g/mol. The number of carbonyl (C=O) groups is 3. The second-order valence-corrected chi connectivity index (χ2v) is 13.2. The molecule has 8 nitrogen and oxygen atoms in total. The summed E-state index contributed by atoms with van der Waals surface area (Å²) in [7, 11) is 1.61. The van der Waals surface area contributed by atoms with Crippen molar-refractivity contribution in [2.24, 2.45) is 0 Å². The fourth-order valence-electron chi connectivity index (χ4n) is 4.53. The number of thioether (sulfide) groups is 1. The third kappa shape index (κ3) is 9.19. The van der Waals surface area contributed by atoms with Gasteiger partial charge in [-0.05, 0) is 72.7 Å². The number of carbonyl (C=O) groups excluding carboxylic acids is 3. The molecule has 47 heavy (non-hydrogen) atoms. The molecule has 0 aliphatic rings. The van der Waals surface area contributed by atoms with Crippen LogP contribution in [0.4, 0.5) is 10.8 Å². The standard InChI is InChI=1S/C36H31BrN4O4S2/c1-3-32(35(44)41-36-40-30(22-46-36)28-17-7-8-18-31(28)45-2)47-27-16-10-15-26(21-27)38-34(43)29(20-23-11-9-14-25(37)19-23)39-33(42)24-12-5-4-6-13-24/h4-22,32H,3H2,1-2H3,(H,38,43)(H,39,42)(H,40,41,44)/b29-20+. The minimum Gasteiger partial charge on any atom is -0.496 e. The quantitative estimate of drug-likeness (QED) is 0.0879. The van der Waals surface area contributed by atoms with Crippen LogP contribution in [0.1, 0.15) is 29.3 Å². The van der Waals surface area contributed by atoms with Gasteiger partial charge in [-0.25, -0.2) is 4.98 Å². The number of methoxy groups -OCH3 is 1. The van der Waals surface area contributed by atoms with Gasteiger partial charge in [0.2, 0.25) is 5.91 Å². The van der Waals surface area contributed by atoms with Gasteiger partial charge in [-0.3, -0.25) is 14.4 Å². The summed E-state index contributed by atoms with van der Waals surface area (Å²) in [5.74, 6) is -0.358. The van der Waals surface area contributed by atoms with Crippen molar-refractivity contribution in [2.45, 2.75) is 23.5 Å². The van der Waals surface area contributed by atoms with Crippen LogP contribution in [0.5, 0.6) is 5.75 Å². The number of ether oxygens (including phenoxy) is 1. The number of anilines is 2. The SMILES string of the molecule is CCC(Sc1cccc(NC(=O)/C(=C\c2cccc(Br)c2)NC(=O)c2ccccc2)c1)C(=O)Nc1nc(-c2ccccc2OC)cs1. The number of hydrogen-bond donors (Lipinski definition) is 3. The number of hydrogen-bond acceptors (Lipinski definition) is 7. The largest absolute Gasteiger partial charge is 0.496 e. The molecule has 0 aliphatic heterocycles. The third-order valence-electron chi connectivity index (χ3n) is 6.84. The number of halogens is 1. The number of para-hydroxylation sites is 1. The molecule has 5 aromatic rings. The Balaban J connectivity index is 1.28. The topological polar surface area (TPSA) is 109 Å². The highest BCUT2D eigenvalue weighted by atomic mass is 79.9. The molecular formula is C36H31BrN4O4S2. The lowest BCUT2D eigenvalue weighted by molar-refractivity contribution is -0.116. The predicted octanol–water partition coefficient (Wildman–Crippen LogP) is 8.50. The fraction of sp³-hybridized carbons (Fsp3) is 0.111. The Hall–Kier alpha value is -4.71. The van der Waals surface area contributed by atoms with Crippen LogP contribution < -0.4 is 20.7 Å². The Kier molecular flexibility index (Phi) is 11.6. The molecule has 1 heterocycles. The van der Waals surface area contributed by atoms with Gasteiger partial charge in [0.15, 0.2) is 5.13 Å². The zero-order valence-electron chi connectivity index (χ0n) is 25.5. The van der Waals surface area contributed by atoms with E-state index >= 15 is 0 Å². The van der Waals surface area contributed by atoms with E-state index < -0.39 is 17.1 Å². The van der Waals surface area contributed by atoms with Crippen LogP contribution in [0.2, 0.25) is 0 Å². The Bertz CT molecular complexity index is 1910. The maximum atomic E-state index is 13.5. The van der Waals surface area contributed by atoms with E-state index in [0.29, 0.717) is 28.6 Å². The van der Waals surface area contributed by atoms with E-state index in [1.165, 1.54) is 23.1 Å². The minimum absolute atomic E-state index is 0.0803. The van der Waals surface area contributed by atoms with Crippen LogP contribution in [0.25, 0.3) is 17.3 Å². The van der Waals surface area contributed by atoms with Crippen LogP contribution in [0, 0.1) is 0 Å². The van der Waals surface area contributed by atoms with E-state index in [-0.39, 0.29) is 11.6 Å². The molecule has 0 fully saturated rings. The van der Waals surface area contributed by atoms with E-state index in [1.54, 1.807) is 49.6 Å². The molecule has 11 heteroatoms. The van der Waals surface area contributed by atoms with Gasteiger partial charge in [-0.15, -0.1) is 23.1 Å². The minimum atomic E-state index is -0.490. The van der Waals surface area contributed by atoms with Crippen LogP contribution in [-0.2, 0) is 9.59 Å². The van der Waals surface area contributed by atoms with Gasteiger partial charge in [0.1, 0.15) is 11.4 Å². The maximum absolute atomic E-state index is 13.5. The Morgan fingerprint density at radius 1 is 0.936 bits per heavy atom. The number of nitrogens with zero attached hydrogens (tertiary/aromatic N) is 1. The highest BCUT2D eigenvalue weighted by Crippen LogP contribution is 2.33. The summed E-state index contributed by atoms with van der Waals surface area (Å²) in [4.78, 5) is 45.2. The molecule has 0 saturated heterocycles. The zero-order valence-corrected chi connectivity index (χ0v) is 28.7. The first kappa shape index (κ1) is 33.6. The Morgan fingerprint density at radius 2 is 1.70 bits per heavy atom. The van der Waals surface area contributed by atoms with E-state index in [4.69, 9.17) is 4.74 Å². The number of amides is 3. The van der Waals surface area contributed by atoms with E-state index in [2.05, 4.69) is 36.9 Å². The Morgan fingerprint density at radius 3 is 2.47 bits per heavy atom. The van der Waals surface area contributed by atoms with Crippen molar-refractivity contribution in [1.29, 1.82) is 0 Å². The molecule has 3 N–H and O–H groups in total. The first-order valence-electron chi connectivity index (χ1n) is 14.6. The number of aromatic nitrogens is 1. The van der Waals surface area contributed by atoms with Gasteiger partial charge in [-0.1, -0.05) is 71.4 Å². The summed E-state index contributed by atoms with van der Waals surface area (Å²) in [6.07, 6.45) is 2.19. The van der Waals surface area contributed by atoms with Crippen molar-refractivity contribution < 1.29 is 19.1 Å². The molecule has 0 saturated carbocycles. The average Bonchev–Trinajstić information content (AvgIpc) is 3.55. The van der Waals surface area contributed by atoms with Crippen LogP contribution in [0.15, 0.2) is 124 Å². The van der Waals surface area contributed by atoms with Gasteiger partial charge in [0.25, 0.3) is 11.8 Å². The monoisotopic (exact) mass is 726 g/mol. The lowest BCUT2D eigenvalue weighted by Crippen LogP contribution is -2.30. The molecule has 0 radical (unpaired) electrons. The van der Waals surface area contributed by atoms with Gasteiger partial charge < -0.3 is 20.7 Å². The highest BCUT2D eigenvalue weighted by molar-refractivity contribution is 9.10. The summed E-state index contributed by atoms with van der Waals surface area (Å²) in [5, 5.41) is 10.6. The first-order valence-corrected chi connectivity index (χ1v) is 17.2. The first-order chi connectivity index (χ1) is 22.8. The van der Waals surface area contributed by atoms with Crippen LogP contribution in [-0.4, -0.2) is 35.1 Å². The van der Waals surface area contributed by atoms with Crippen molar-refractivity contribution in [2.75, 3.05) is 17.7 Å². The molecule has 0 aliphatic carbocycles. The van der Waals surface area contributed by atoms with E-state index in [9.17, 15) is 14.4 Å².